The van der Waals surface area contributed by atoms with E-state index in [1.807, 2.05) is 12.3 Å². The molecule has 6 rings (SSSR count). The summed E-state index contributed by atoms with van der Waals surface area (Å²) < 4.78 is 0. The lowest BCUT2D eigenvalue weighted by molar-refractivity contribution is 0.890. The molecule has 1 aliphatic carbocycles. The van der Waals surface area contributed by atoms with E-state index in [-0.39, 0.29) is 0 Å². The zero-order valence-corrected chi connectivity index (χ0v) is 16.0. The molecule has 1 fully saturated rings. The van der Waals surface area contributed by atoms with Crippen LogP contribution in [0, 0.1) is 0 Å². The minimum absolute atomic E-state index is 0.630. The van der Waals surface area contributed by atoms with E-state index in [1.165, 1.54) is 24.1 Å². The van der Waals surface area contributed by atoms with Gasteiger partial charge in [-0.3, -0.25) is 10.1 Å². The summed E-state index contributed by atoms with van der Waals surface area (Å²) in [4.78, 5) is 12.8. The summed E-state index contributed by atoms with van der Waals surface area (Å²) in [5, 5.41) is 8.89. The third-order valence-corrected chi connectivity index (χ3v) is 5.76. The Hall–Kier alpha value is -3.47. The first-order chi connectivity index (χ1) is 14.3. The maximum Gasteiger partial charge on any atom is 0.107 e. The zero-order valence-electron chi connectivity index (χ0n) is 16.0. The first kappa shape index (κ1) is 16.5. The number of nitrogens with zero attached hydrogens (tertiary/aromatic N) is 3. The number of fused-ring (bicyclic) bond motifs is 2. The molecular formula is C24H21N5. The van der Waals surface area contributed by atoms with Crippen molar-refractivity contribution < 1.29 is 0 Å². The van der Waals surface area contributed by atoms with Crippen LogP contribution in [0.15, 0.2) is 60.8 Å². The molecule has 0 spiro atoms. The van der Waals surface area contributed by atoms with Crippen LogP contribution in [-0.4, -0.2) is 25.1 Å². The number of H-pyrrole nitrogens is 2. The molecule has 1 aliphatic rings. The molecule has 1 saturated carbocycles. The summed E-state index contributed by atoms with van der Waals surface area (Å²) >= 11 is 0. The molecule has 0 aliphatic heterocycles. The maximum atomic E-state index is 4.84. The van der Waals surface area contributed by atoms with E-state index in [4.69, 9.17) is 4.98 Å². The number of rotatable bonds is 5. The summed E-state index contributed by atoms with van der Waals surface area (Å²) in [5.41, 5.74) is 7.66. The first-order valence-electron chi connectivity index (χ1n) is 10.2. The minimum atomic E-state index is 0.630. The summed E-state index contributed by atoms with van der Waals surface area (Å²) in [5.74, 6) is 1.65. The zero-order chi connectivity index (χ0) is 19.2. The van der Waals surface area contributed by atoms with Crippen LogP contribution in [-0.2, 0) is 12.8 Å². The Labute approximate surface area is 168 Å². The SMILES string of the molecule is c1ccc(CCc2nc3cc4c(-c5ccnc(C6CC6)c5)n[nH]c4cc3[nH]2)cc1. The number of nitrogens with one attached hydrogen (secondary N) is 2. The van der Waals surface area contributed by atoms with Gasteiger partial charge in [-0.05, 0) is 49.1 Å². The van der Waals surface area contributed by atoms with Crippen molar-refractivity contribution in [1.29, 1.82) is 0 Å². The highest BCUT2D eigenvalue weighted by molar-refractivity contribution is 6.00. The van der Waals surface area contributed by atoms with Gasteiger partial charge in [-0.15, -0.1) is 0 Å². The van der Waals surface area contributed by atoms with Gasteiger partial charge in [-0.25, -0.2) is 4.98 Å². The van der Waals surface area contributed by atoms with Crippen molar-refractivity contribution in [2.75, 3.05) is 0 Å². The fourth-order valence-corrected chi connectivity index (χ4v) is 4.02. The summed E-state index contributed by atoms with van der Waals surface area (Å²) in [7, 11) is 0. The molecule has 2 N–H and O–H groups in total. The predicted molar refractivity (Wildman–Crippen MR) is 115 cm³/mol. The molecule has 3 heterocycles. The Morgan fingerprint density at radius 3 is 2.69 bits per heavy atom. The highest BCUT2D eigenvalue weighted by atomic mass is 15.1. The summed E-state index contributed by atoms with van der Waals surface area (Å²) in [6, 6.07) is 19.0. The van der Waals surface area contributed by atoms with Crippen molar-refractivity contribution in [1.82, 2.24) is 25.1 Å². The smallest absolute Gasteiger partial charge is 0.107 e. The van der Waals surface area contributed by atoms with Crippen LogP contribution >= 0.6 is 0 Å². The Kier molecular flexibility index (Phi) is 3.72. The van der Waals surface area contributed by atoms with Crippen LogP contribution in [0.2, 0.25) is 0 Å². The molecule has 29 heavy (non-hydrogen) atoms. The van der Waals surface area contributed by atoms with E-state index in [0.717, 1.165) is 51.9 Å². The molecule has 0 radical (unpaired) electrons. The largest absolute Gasteiger partial charge is 0.342 e. The van der Waals surface area contributed by atoms with Gasteiger partial charge in [0.05, 0.1) is 16.6 Å². The second-order valence-corrected chi connectivity index (χ2v) is 7.90. The highest BCUT2D eigenvalue weighted by Gasteiger charge is 2.25. The van der Waals surface area contributed by atoms with Crippen molar-refractivity contribution in [2.24, 2.45) is 0 Å². The van der Waals surface area contributed by atoms with Gasteiger partial charge in [0.25, 0.3) is 0 Å². The van der Waals surface area contributed by atoms with E-state index >= 15 is 0 Å². The van der Waals surface area contributed by atoms with E-state index in [1.54, 1.807) is 0 Å². The number of pyridine rings is 1. The Morgan fingerprint density at radius 1 is 0.931 bits per heavy atom. The van der Waals surface area contributed by atoms with E-state index in [0.29, 0.717) is 5.92 Å². The van der Waals surface area contributed by atoms with Gasteiger partial charge in [0, 0.05) is 35.2 Å². The minimum Gasteiger partial charge on any atom is -0.342 e. The average Bonchev–Trinajstić information content (AvgIpc) is 3.42. The monoisotopic (exact) mass is 379 g/mol. The molecule has 0 bridgehead atoms. The van der Waals surface area contributed by atoms with Crippen molar-refractivity contribution in [2.45, 2.75) is 31.6 Å². The van der Waals surface area contributed by atoms with Crippen LogP contribution in [0.25, 0.3) is 33.2 Å². The van der Waals surface area contributed by atoms with Crippen LogP contribution in [0.4, 0.5) is 0 Å². The standard InChI is InChI=1S/C24H21N5/c1-2-4-15(5-3-1)6-9-23-26-21-13-18-20(14-22(21)27-23)28-29-24(18)17-10-11-25-19(12-17)16-7-8-16/h1-5,10-14,16H,6-9H2,(H,26,27)(H,28,29). The van der Waals surface area contributed by atoms with Crippen molar-refractivity contribution in [3.8, 4) is 11.3 Å². The molecule has 5 aromatic rings. The van der Waals surface area contributed by atoms with Gasteiger partial charge in [-0.2, -0.15) is 5.10 Å². The van der Waals surface area contributed by atoms with E-state index < -0.39 is 0 Å². The van der Waals surface area contributed by atoms with Crippen LogP contribution in [0.5, 0.6) is 0 Å². The van der Waals surface area contributed by atoms with Gasteiger partial charge in [0.15, 0.2) is 0 Å². The lowest BCUT2D eigenvalue weighted by Gasteiger charge is -2.01. The number of aromatic amines is 2. The molecule has 2 aromatic carbocycles. The predicted octanol–water partition coefficient (Wildman–Crippen LogP) is 5.16. The van der Waals surface area contributed by atoms with Crippen molar-refractivity contribution >= 4 is 21.9 Å². The van der Waals surface area contributed by atoms with Crippen molar-refractivity contribution in [3.63, 3.8) is 0 Å². The Bertz CT molecular complexity index is 1310. The number of aromatic nitrogens is 5. The second-order valence-electron chi connectivity index (χ2n) is 7.90. The topological polar surface area (TPSA) is 70.2 Å². The Morgan fingerprint density at radius 2 is 1.83 bits per heavy atom. The van der Waals surface area contributed by atoms with Gasteiger partial charge in [-0.1, -0.05) is 30.3 Å². The molecule has 0 saturated heterocycles. The molecule has 3 aromatic heterocycles. The number of hydrogen-bond acceptors (Lipinski definition) is 3. The van der Waals surface area contributed by atoms with Crippen LogP contribution in [0.1, 0.15) is 35.8 Å². The normalized spacial score (nSPS) is 14.1. The van der Waals surface area contributed by atoms with E-state index in [9.17, 15) is 0 Å². The molecule has 5 heteroatoms. The number of aryl methyl sites for hydroxylation is 2. The second kappa shape index (κ2) is 6.55. The molecule has 5 nitrogen and oxygen atoms in total. The van der Waals surface area contributed by atoms with Crippen LogP contribution in [0.3, 0.4) is 0 Å². The average molecular weight is 379 g/mol. The van der Waals surface area contributed by atoms with Crippen molar-refractivity contribution in [3.05, 3.63) is 77.9 Å². The number of imidazole rings is 1. The highest BCUT2D eigenvalue weighted by Crippen LogP contribution is 2.40. The summed E-state index contributed by atoms with van der Waals surface area (Å²) in [6.45, 7) is 0. The first-order valence-corrected chi connectivity index (χ1v) is 10.2. The quantitative estimate of drug-likeness (QED) is 0.443. The van der Waals surface area contributed by atoms with Gasteiger partial charge < -0.3 is 4.98 Å². The maximum absolute atomic E-state index is 4.84. The Balaban J connectivity index is 1.35. The lowest BCUT2D eigenvalue weighted by Crippen LogP contribution is -1.92. The molecule has 142 valence electrons. The van der Waals surface area contributed by atoms with Gasteiger partial charge in [0.1, 0.15) is 11.5 Å². The molecular weight excluding hydrogens is 358 g/mol. The van der Waals surface area contributed by atoms with Gasteiger partial charge in [0.2, 0.25) is 0 Å². The lowest BCUT2D eigenvalue weighted by atomic mass is 10.1. The number of hydrogen-bond donors (Lipinski definition) is 2. The van der Waals surface area contributed by atoms with Crippen LogP contribution < -0.4 is 0 Å². The molecule has 0 atom stereocenters. The summed E-state index contributed by atoms with van der Waals surface area (Å²) in [6.07, 6.45) is 6.27. The fraction of sp³-hybridized carbons (Fsp3) is 0.208. The third kappa shape index (κ3) is 3.09. The number of benzene rings is 2. The molecule has 0 unspecified atom stereocenters. The van der Waals surface area contributed by atoms with Gasteiger partial charge >= 0.3 is 0 Å². The van der Waals surface area contributed by atoms with E-state index in [2.05, 4.69) is 68.7 Å². The third-order valence-electron chi connectivity index (χ3n) is 5.76. The fourth-order valence-electron chi connectivity index (χ4n) is 4.02. The molecule has 0 amide bonds.